The summed E-state index contributed by atoms with van der Waals surface area (Å²) >= 11 is 0. The van der Waals surface area contributed by atoms with Crippen LogP contribution in [0.2, 0.25) is 0 Å². The van der Waals surface area contributed by atoms with Crippen LogP contribution in [0.1, 0.15) is 27.2 Å². The van der Waals surface area contributed by atoms with Crippen molar-refractivity contribution in [1.29, 1.82) is 0 Å². The molecule has 0 radical (unpaired) electrons. The topological polar surface area (TPSA) is 42.0 Å². The Morgan fingerprint density at radius 3 is 2.57 bits per heavy atom. The maximum atomic E-state index is 13.4. The van der Waals surface area contributed by atoms with E-state index in [4.69, 9.17) is 0 Å². The highest BCUT2D eigenvalue weighted by Gasteiger charge is 2.13. The van der Waals surface area contributed by atoms with Crippen LogP contribution >= 0.6 is 0 Å². The largest absolute Gasteiger partial charge is 0.322 e. The summed E-state index contributed by atoms with van der Waals surface area (Å²) in [6, 6.07) is 11.9. The van der Waals surface area contributed by atoms with Gasteiger partial charge in [0.1, 0.15) is 5.82 Å². The molecule has 0 fully saturated rings. The van der Waals surface area contributed by atoms with E-state index in [9.17, 15) is 9.18 Å². The Labute approximate surface area is 134 Å². The quantitative estimate of drug-likeness (QED) is 0.754. The molecule has 0 unspecified atom stereocenters. The van der Waals surface area contributed by atoms with Crippen molar-refractivity contribution in [2.45, 2.75) is 20.8 Å². The van der Waals surface area contributed by atoms with Crippen LogP contribution in [-0.4, -0.2) is 10.9 Å². The Morgan fingerprint density at radius 2 is 1.83 bits per heavy atom. The van der Waals surface area contributed by atoms with Gasteiger partial charge >= 0.3 is 0 Å². The second kappa shape index (κ2) is 5.80. The summed E-state index contributed by atoms with van der Waals surface area (Å²) in [5.41, 5.74) is 4.64. The lowest BCUT2D eigenvalue weighted by atomic mass is 10.1. The van der Waals surface area contributed by atoms with Gasteiger partial charge in [-0.1, -0.05) is 17.7 Å². The van der Waals surface area contributed by atoms with Crippen molar-refractivity contribution in [3.8, 4) is 0 Å². The molecular formula is C19H17FN2O. The molecule has 23 heavy (non-hydrogen) atoms. The van der Waals surface area contributed by atoms with Gasteiger partial charge in [-0.3, -0.25) is 9.78 Å². The van der Waals surface area contributed by atoms with Crippen molar-refractivity contribution in [1.82, 2.24) is 4.98 Å². The molecule has 0 saturated carbocycles. The number of benzene rings is 2. The summed E-state index contributed by atoms with van der Waals surface area (Å²) in [6.45, 7) is 5.73. The summed E-state index contributed by atoms with van der Waals surface area (Å²) < 4.78 is 13.4. The highest BCUT2D eigenvalue weighted by molar-refractivity contribution is 6.07. The molecule has 2 aromatic carbocycles. The van der Waals surface area contributed by atoms with Gasteiger partial charge in [-0.15, -0.1) is 0 Å². The standard InChI is InChI=1S/C19H17FN2O/c1-11-4-6-17(12(2)8-11)22-19(23)16-10-14-9-15(20)5-7-18(14)21-13(16)3/h4-10H,1-3H3,(H,22,23). The number of nitrogens with zero attached hydrogens (tertiary/aromatic N) is 1. The van der Waals surface area contributed by atoms with E-state index in [0.717, 1.165) is 16.8 Å². The SMILES string of the molecule is Cc1ccc(NC(=O)c2cc3cc(F)ccc3nc2C)c(C)c1. The Morgan fingerprint density at radius 1 is 1.04 bits per heavy atom. The fourth-order valence-corrected chi connectivity index (χ4v) is 2.62. The van der Waals surface area contributed by atoms with Crippen LogP contribution in [0.25, 0.3) is 10.9 Å². The first-order valence-electron chi connectivity index (χ1n) is 7.39. The zero-order valence-electron chi connectivity index (χ0n) is 13.3. The van der Waals surface area contributed by atoms with Gasteiger partial charge in [0.2, 0.25) is 0 Å². The number of aryl methyl sites for hydroxylation is 3. The molecular weight excluding hydrogens is 291 g/mol. The lowest BCUT2D eigenvalue weighted by molar-refractivity contribution is 0.102. The predicted molar refractivity (Wildman–Crippen MR) is 90.3 cm³/mol. The molecule has 0 bridgehead atoms. The Hall–Kier alpha value is -2.75. The van der Waals surface area contributed by atoms with Crippen molar-refractivity contribution in [2.75, 3.05) is 5.32 Å². The molecule has 0 spiro atoms. The van der Waals surface area contributed by atoms with Crippen LogP contribution in [0, 0.1) is 26.6 Å². The Balaban J connectivity index is 1.98. The fraction of sp³-hybridized carbons (Fsp3) is 0.158. The fourth-order valence-electron chi connectivity index (χ4n) is 2.62. The second-order valence-corrected chi connectivity index (χ2v) is 5.73. The maximum absolute atomic E-state index is 13.4. The molecule has 0 saturated heterocycles. The minimum atomic E-state index is -0.344. The van der Waals surface area contributed by atoms with Crippen molar-refractivity contribution in [3.05, 3.63) is 70.7 Å². The normalized spacial score (nSPS) is 10.8. The molecule has 3 aromatic rings. The summed E-state index contributed by atoms with van der Waals surface area (Å²) in [5, 5.41) is 3.51. The minimum absolute atomic E-state index is 0.242. The van der Waals surface area contributed by atoms with E-state index in [2.05, 4.69) is 10.3 Å². The zero-order valence-corrected chi connectivity index (χ0v) is 13.3. The van der Waals surface area contributed by atoms with Crippen LogP contribution in [0.3, 0.4) is 0 Å². The summed E-state index contributed by atoms with van der Waals surface area (Å²) in [7, 11) is 0. The van der Waals surface area contributed by atoms with Crippen molar-refractivity contribution in [2.24, 2.45) is 0 Å². The highest BCUT2D eigenvalue weighted by Crippen LogP contribution is 2.21. The lowest BCUT2D eigenvalue weighted by Crippen LogP contribution is -2.15. The number of nitrogens with one attached hydrogen (secondary N) is 1. The van der Waals surface area contributed by atoms with E-state index < -0.39 is 0 Å². The van der Waals surface area contributed by atoms with E-state index in [1.54, 1.807) is 19.1 Å². The number of rotatable bonds is 2. The van der Waals surface area contributed by atoms with Gasteiger partial charge in [-0.05, 0) is 56.7 Å². The molecule has 0 aliphatic rings. The van der Waals surface area contributed by atoms with Gasteiger partial charge in [0.25, 0.3) is 5.91 Å². The summed E-state index contributed by atoms with van der Waals surface area (Å²) in [4.78, 5) is 16.9. The zero-order chi connectivity index (χ0) is 16.6. The molecule has 3 rings (SSSR count). The van der Waals surface area contributed by atoms with E-state index in [1.807, 2.05) is 32.0 Å². The molecule has 116 valence electrons. The molecule has 0 aliphatic carbocycles. The number of hydrogen-bond donors (Lipinski definition) is 1. The molecule has 1 N–H and O–H groups in total. The number of fused-ring (bicyclic) bond motifs is 1. The van der Waals surface area contributed by atoms with Gasteiger partial charge in [-0.25, -0.2) is 4.39 Å². The van der Waals surface area contributed by atoms with Crippen molar-refractivity contribution < 1.29 is 9.18 Å². The molecule has 0 atom stereocenters. The third-order valence-electron chi connectivity index (χ3n) is 3.84. The number of pyridine rings is 1. The first-order valence-corrected chi connectivity index (χ1v) is 7.39. The lowest BCUT2D eigenvalue weighted by Gasteiger charge is -2.11. The van der Waals surface area contributed by atoms with Crippen molar-refractivity contribution >= 4 is 22.5 Å². The first-order chi connectivity index (χ1) is 10.9. The number of carbonyl (C=O) groups excluding carboxylic acids is 1. The van der Waals surface area contributed by atoms with Crippen LogP contribution in [0.15, 0.2) is 42.5 Å². The number of halogens is 1. The minimum Gasteiger partial charge on any atom is -0.322 e. The summed E-state index contributed by atoms with van der Waals surface area (Å²) in [5.74, 6) is -0.586. The van der Waals surface area contributed by atoms with Crippen molar-refractivity contribution in [3.63, 3.8) is 0 Å². The van der Waals surface area contributed by atoms with E-state index in [1.165, 1.54) is 12.1 Å². The average Bonchev–Trinajstić information content (AvgIpc) is 2.49. The highest BCUT2D eigenvalue weighted by atomic mass is 19.1. The molecule has 0 aliphatic heterocycles. The number of anilines is 1. The third-order valence-corrected chi connectivity index (χ3v) is 3.84. The number of hydrogen-bond acceptors (Lipinski definition) is 2. The number of aromatic nitrogens is 1. The number of carbonyl (C=O) groups is 1. The van der Waals surface area contributed by atoms with E-state index >= 15 is 0 Å². The maximum Gasteiger partial charge on any atom is 0.257 e. The van der Waals surface area contributed by atoms with Gasteiger partial charge < -0.3 is 5.32 Å². The molecule has 1 heterocycles. The molecule has 1 aromatic heterocycles. The van der Waals surface area contributed by atoms with Crippen LogP contribution in [-0.2, 0) is 0 Å². The van der Waals surface area contributed by atoms with E-state index in [-0.39, 0.29) is 11.7 Å². The van der Waals surface area contributed by atoms with E-state index in [0.29, 0.717) is 22.2 Å². The smallest absolute Gasteiger partial charge is 0.257 e. The second-order valence-electron chi connectivity index (χ2n) is 5.73. The first kappa shape index (κ1) is 15.2. The van der Waals surface area contributed by atoms with Crippen LogP contribution in [0.5, 0.6) is 0 Å². The van der Waals surface area contributed by atoms with Gasteiger partial charge in [0, 0.05) is 11.1 Å². The van der Waals surface area contributed by atoms with Gasteiger partial charge in [0.15, 0.2) is 0 Å². The Bertz CT molecular complexity index is 919. The number of amides is 1. The molecule has 1 amide bonds. The van der Waals surface area contributed by atoms with Gasteiger partial charge in [-0.2, -0.15) is 0 Å². The predicted octanol–water partition coefficient (Wildman–Crippen LogP) is 4.55. The monoisotopic (exact) mass is 308 g/mol. The molecule has 3 nitrogen and oxygen atoms in total. The van der Waals surface area contributed by atoms with Crippen LogP contribution in [0.4, 0.5) is 10.1 Å². The third kappa shape index (κ3) is 3.06. The van der Waals surface area contributed by atoms with Crippen LogP contribution < -0.4 is 5.32 Å². The Kier molecular flexibility index (Phi) is 3.82. The molecule has 4 heteroatoms. The van der Waals surface area contributed by atoms with Gasteiger partial charge in [0.05, 0.1) is 16.8 Å². The average molecular weight is 308 g/mol. The summed E-state index contributed by atoms with van der Waals surface area (Å²) in [6.07, 6.45) is 0.